The normalized spacial score (nSPS) is 17.8. The third-order valence-electron chi connectivity index (χ3n) is 3.41. The summed E-state index contributed by atoms with van der Waals surface area (Å²) in [6.07, 6.45) is 1.15. The number of pyridine rings is 1. The molecule has 0 radical (unpaired) electrons. The topological polar surface area (TPSA) is 59.5 Å². The van der Waals surface area contributed by atoms with Crippen LogP contribution in [0.5, 0.6) is 5.88 Å². The number of hydrogen-bond donors (Lipinski definition) is 0. The molecule has 0 spiro atoms. The largest absolute Gasteiger partial charge is 0.471 e. The van der Waals surface area contributed by atoms with E-state index in [-0.39, 0.29) is 23.4 Å². The average Bonchev–Trinajstić information content (AvgIpc) is 2.45. The van der Waals surface area contributed by atoms with Gasteiger partial charge in [-0.05, 0) is 43.7 Å². The second-order valence-electron chi connectivity index (χ2n) is 5.23. The highest BCUT2D eigenvalue weighted by Gasteiger charge is 2.35. The summed E-state index contributed by atoms with van der Waals surface area (Å²) in [6.45, 7) is 3.55. The molecule has 0 N–H and O–H groups in total. The summed E-state index contributed by atoms with van der Waals surface area (Å²) in [6, 6.07) is 7.28. The van der Waals surface area contributed by atoms with E-state index in [0.717, 1.165) is 4.31 Å². The van der Waals surface area contributed by atoms with Crippen molar-refractivity contribution in [2.45, 2.75) is 24.8 Å². The van der Waals surface area contributed by atoms with Gasteiger partial charge in [0.1, 0.15) is 22.5 Å². The van der Waals surface area contributed by atoms with Crippen molar-refractivity contribution in [1.29, 1.82) is 0 Å². The highest BCUT2D eigenvalue weighted by atomic mass is 32.2. The van der Waals surface area contributed by atoms with E-state index in [0.29, 0.717) is 11.3 Å². The third kappa shape index (κ3) is 2.41. The van der Waals surface area contributed by atoms with Crippen LogP contribution in [0.3, 0.4) is 0 Å². The number of nitrogens with zero attached hydrogens (tertiary/aromatic N) is 2. The molecule has 0 amide bonds. The maximum atomic E-state index is 14.1. The number of benzene rings is 1. The van der Waals surface area contributed by atoms with Gasteiger partial charge in [-0.1, -0.05) is 6.07 Å². The monoisotopic (exact) mass is 322 g/mol. The zero-order chi connectivity index (χ0) is 15.9. The SMILES string of the molecule is Cc1ccc(S(=O)(=O)N2C[C@@H](C)Oc3ncccc32)c(F)c1. The van der Waals surface area contributed by atoms with E-state index < -0.39 is 15.8 Å². The van der Waals surface area contributed by atoms with Crippen LogP contribution in [0.2, 0.25) is 0 Å². The molecule has 1 aromatic heterocycles. The second-order valence-corrected chi connectivity index (χ2v) is 7.06. The van der Waals surface area contributed by atoms with E-state index in [4.69, 9.17) is 4.74 Å². The Bertz CT molecular complexity index is 823. The number of ether oxygens (including phenoxy) is 1. The molecule has 1 aliphatic rings. The summed E-state index contributed by atoms with van der Waals surface area (Å²) >= 11 is 0. The molecule has 0 unspecified atom stereocenters. The molecule has 116 valence electrons. The molecule has 22 heavy (non-hydrogen) atoms. The van der Waals surface area contributed by atoms with Crippen molar-refractivity contribution in [1.82, 2.24) is 4.98 Å². The van der Waals surface area contributed by atoms with Gasteiger partial charge in [-0.25, -0.2) is 17.8 Å². The molecule has 1 atom stereocenters. The molecule has 2 aromatic rings. The Balaban J connectivity index is 2.13. The molecule has 2 heterocycles. The summed E-state index contributed by atoms with van der Waals surface area (Å²) in [5.74, 6) is -0.526. The minimum absolute atomic E-state index is 0.105. The van der Waals surface area contributed by atoms with Crippen molar-refractivity contribution in [3.05, 3.63) is 47.9 Å². The van der Waals surface area contributed by atoms with Crippen molar-refractivity contribution in [2.75, 3.05) is 10.8 Å². The maximum Gasteiger partial charge on any atom is 0.267 e. The van der Waals surface area contributed by atoms with Crippen LogP contribution in [0.25, 0.3) is 0 Å². The summed E-state index contributed by atoms with van der Waals surface area (Å²) in [4.78, 5) is 3.70. The zero-order valence-electron chi connectivity index (χ0n) is 12.2. The second kappa shape index (κ2) is 5.24. The van der Waals surface area contributed by atoms with Gasteiger partial charge in [0.05, 0.1) is 6.54 Å². The predicted octanol–water partition coefficient (Wildman–Crippen LogP) is 2.51. The lowest BCUT2D eigenvalue weighted by atomic mass is 10.2. The molecule has 0 saturated carbocycles. The van der Waals surface area contributed by atoms with Crippen molar-refractivity contribution < 1.29 is 17.5 Å². The molecule has 0 aliphatic carbocycles. The minimum atomic E-state index is -4.02. The zero-order valence-corrected chi connectivity index (χ0v) is 13.0. The highest BCUT2D eigenvalue weighted by molar-refractivity contribution is 7.92. The summed E-state index contributed by atoms with van der Waals surface area (Å²) in [5.41, 5.74) is 0.981. The van der Waals surface area contributed by atoms with E-state index in [9.17, 15) is 12.8 Å². The Morgan fingerprint density at radius 3 is 2.86 bits per heavy atom. The van der Waals surface area contributed by atoms with E-state index in [1.807, 2.05) is 0 Å². The van der Waals surface area contributed by atoms with Gasteiger partial charge in [-0.3, -0.25) is 4.31 Å². The van der Waals surface area contributed by atoms with Gasteiger partial charge in [-0.2, -0.15) is 0 Å². The Labute approximate surface area is 128 Å². The van der Waals surface area contributed by atoms with Crippen LogP contribution < -0.4 is 9.04 Å². The van der Waals surface area contributed by atoms with E-state index in [1.165, 1.54) is 18.3 Å². The number of halogens is 1. The first-order valence-electron chi connectivity index (χ1n) is 6.80. The summed E-state index contributed by atoms with van der Waals surface area (Å²) in [5, 5.41) is 0. The predicted molar refractivity (Wildman–Crippen MR) is 80.0 cm³/mol. The van der Waals surface area contributed by atoms with Crippen molar-refractivity contribution >= 4 is 15.7 Å². The number of hydrogen-bond acceptors (Lipinski definition) is 4. The molecule has 0 bridgehead atoms. The Kier molecular flexibility index (Phi) is 3.52. The molecule has 0 fully saturated rings. The molecule has 0 saturated heterocycles. The van der Waals surface area contributed by atoms with Crippen LogP contribution in [-0.4, -0.2) is 26.1 Å². The molecular formula is C15H15FN2O3S. The molecule has 3 rings (SSSR count). The lowest BCUT2D eigenvalue weighted by molar-refractivity contribution is 0.210. The fourth-order valence-electron chi connectivity index (χ4n) is 2.38. The van der Waals surface area contributed by atoms with Crippen LogP contribution in [0.15, 0.2) is 41.4 Å². The fraction of sp³-hybridized carbons (Fsp3) is 0.267. The van der Waals surface area contributed by atoms with Crippen molar-refractivity contribution in [3.63, 3.8) is 0 Å². The van der Waals surface area contributed by atoms with Gasteiger partial charge in [0.15, 0.2) is 0 Å². The van der Waals surface area contributed by atoms with Crippen LogP contribution in [-0.2, 0) is 10.0 Å². The first kappa shape index (κ1) is 14.8. The van der Waals surface area contributed by atoms with Gasteiger partial charge >= 0.3 is 0 Å². The minimum Gasteiger partial charge on any atom is -0.471 e. The number of aryl methyl sites for hydroxylation is 1. The number of anilines is 1. The quantitative estimate of drug-likeness (QED) is 0.852. The van der Waals surface area contributed by atoms with Gasteiger partial charge in [0.25, 0.3) is 10.0 Å². The number of fused-ring (bicyclic) bond motifs is 1. The van der Waals surface area contributed by atoms with Crippen molar-refractivity contribution in [2.24, 2.45) is 0 Å². The fourth-order valence-corrected chi connectivity index (χ4v) is 3.97. The van der Waals surface area contributed by atoms with Gasteiger partial charge in [-0.15, -0.1) is 0 Å². The molecule has 1 aromatic carbocycles. The smallest absolute Gasteiger partial charge is 0.267 e. The average molecular weight is 322 g/mol. The van der Waals surface area contributed by atoms with Gasteiger partial charge in [0.2, 0.25) is 5.88 Å². The van der Waals surface area contributed by atoms with E-state index >= 15 is 0 Å². The maximum absolute atomic E-state index is 14.1. The Hall–Kier alpha value is -2.15. The van der Waals surface area contributed by atoms with E-state index in [2.05, 4.69) is 4.98 Å². The van der Waals surface area contributed by atoms with Crippen LogP contribution in [0.4, 0.5) is 10.1 Å². The molecular weight excluding hydrogens is 307 g/mol. The third-order valence-corrected chi connectivity index (χ3v) is 5.22. The number of sulfonamides is 1. The standard InChI is InChI=1S/C15H15FN2O3S/c1-10-5-6-14(12(16)8-10)22(19,20)18-9-11(2)21-15-13(18)4-3-7-17-15/h3-8,11H,9H2,1-2H3/t11-/m1/s1. The van der Waals surface area contributed by atoms with E-state index in [1.54, 1.807) is 32.0 Å². The Morgan fingerprint density at radius 2 is 2.14 bits per heavy atom. The molecule has 5 nitrogen and oxygen atoms in total. The van der Waals surface area contributed by atoms with Crippen molar-refractivity contribution in [3.8, 4) is 5.88 Å². The molecule has 7 heteroatoms. The van der Waals surface area contributed by atoms with Crippen LogP contribution in [0, 0.1) is 12.7 Å². The summed E-state index contributed by atoms with van der Waals surface area (Å²) < 4.78 is 46.5. The first-order chi connectivity index (χ1) is 10.4. The Morgan fingerprint density at radius 1 is 1.36 bits per heavy atom. The summed E-state index contributed by atoms with van der Waals surface area (Å²) in [7, 11) is -4.02. The highest BCUT2D eigenvalue weighted by Crippen LogP contribution is 2.35. The van der Waals surface area contributed by atoms with Gasteiger partial charge < -0.3 is 4.74 Å². The van der Waals surface area contributed by atoms with Crippen LogP contribution >= 0.6 is 0 Å². The number of rotatable bonds is 2. The van der Waals surface area contributed by atoms with Crippen LogP contribution in [0.1, 0.15) is 12.5 Å². The first-order valence-corrected chi connectivity index (χ1v) is 8.24. The molecule has 1 aliphatic heterocycles. The lowest BCUT2D eigenvalue weighted by Gasteiger charge is -2.33. The van der Waals surface area contributed by atoms with Gasteiger partial charge in [0, 0.05) is 6.20 Å². The lowest BCUT2D eigenvalue weighted by Crippen LogP contribution is -2.42. The number of aromatic nitrogens is 1.